The maximum absolute atomic E-state index is 11.4. The van der Waals surface area contributed by atoms with E-state index < -0.39 is 0 Å². The van der Waals surface area contributed by atoms with Crippen LogP contribution in [-0.2, 0) is 5.41 Å². The van der Waals surface area contributed by atoms with Gasteiger partial charge in [-0.2, -0.15) is 0 Å². The van der Waals surface area contributed by atoms with Crippen molar-refractivity contribution >= 4 is 11.0 Å². The van der Waals surface area contributed by atoms with Crippen molar-refractivity contribution in [1.29, 1.82) is 0 Å². The van der Waals surface area contributed by atoms with Gasteiger partial charge in [0.15, 0.2) is 0 Å². The number of nitrogens with zero attached hydrogens (tertiary/aromatic N) is 3. The van der Waals surface area contributed by atoms with E-state index in [1.807, 2.05) is 30.5 Å². The molecule has 1 N–H and O–H groups in total. The van der Waals surface area contributed by atoms with Gasteiger partial charge in [0.2, 0.25) is 0 Å². The van der Waals surface area contributed by atoms with Crippen molar-refractivity contribution in [3.8, 4) is 45.2 Å². The molecule has 0 bridgehead atoms. The summed E-state index contributed by atoms with van der Waals surface area (Å²) < 4.78 is 2.32. The third-order valence-electron chi connectivity index (χ3n) is 9.25. The largest absolute Gasteiger partial charge is 0.507 e. The highest BCUT2D eigenvalue weighted by molar-refractivity contribution is 5.97. The summed E-state index contributed by atoms with van der Waals surface area (Å²) >= 11 is 0. The number of phenolic OH excluding ortho intramolecular Hbond substituents is 1. The lowest BCUT2D eigenvalue weighted by Crippen LogP contribution is -2.11. The zero-order chi connectivity index (χ0) is 33.6. The van der Waals surface area contributed by atoms with Crippen LogP contribution in [0.25, 0.3) is 50.5 Å². The summed E-state index contributed by atoms with van der Waals surface area (Å²) in [4.78, 5) is 10.2. The highest BCUT2D eigenvalue weighted by Gasteiger charge is 2.26. The van der Waals surface area contributed by atoms with Crippen LogP contribution in [-0.4, -0.2) is 19.6 Å². The molecule has 2 heterocycles. The third-order valence-corrected chi connectivity index (χ3v) is 9.25. The summed E-state index contributed by atoms with van der Waals surface area (Å²) in [5.41, 5.74) is 12.8. The standard InChI is InChI=1S/C43H47N3O/c1-26(2)29-19-20-39(47)36(25-29)42-45-40-35(30-22-31(37-17-10-11-21-44-37)24-32(23-30)43(7,8)9)16-13-18-38(40)46(42)41-33(27(3)4)14-12-15-34(41)28(5)6/h10-28,47H,1-9H3. The summed E-state index contributed by atoms with van der Waals surface area (Å²) in [6.07, 6.45) is 1.85. The normalized spacial score (nSPS) is 12.2. The van der Waals surface area contributed by atoms with Gasteiger partial charge in [-0.15, -0.1) is 0 Å². The number of phenols is 1. The minimum Gasteiger partial charge on any atom is -0.507 e. The van der Waals surface area contributed by atoms with Crippen molar-refractivity contribution in [2.75, 3.05) is 0 Å². The fourth-order valence-corrected chi connectivity index (χ4v) is 6.50. The van der Waals surface area contributed by atoms with E-state index in [4.69, 9.17) is 9.97 Å². The lowest BCUT2D eigenvalue weighted by Gasteiger charge is -2.23. The van der Waals surface area contributed by atoms with Gasteiger partial charge in [-0.1, -0.05) is 111 Å². The Hall–Kier alpha value is -4.70. The van der Waals surface area contributed by atoms with Crippen LogP contribution < -0.4 is 0 Å². The van der Waals surface area contributed by atoms with Crippen molar-refractivity contribution in [3.63, 3.8) is 0 Å². The minimum atomic E-state index is -0.0661. The molecule has 2 aromatic heterocycles. The Balaban J connectivity index is 1.74. The summed E-state index contributed by atoms with van der Waals surface area (Å²) in [5, 5.41) is 11.4. The fraction of sp³-hybridized carbons (Fsp3) is 0.302. The minimum absolute atomic E-state index is 0.0661. The van der Waals surface area contributed by atoms with E-state index >= 15 is 0 Å². The number of fused-ring (bicyclic) bond motifs is 1. The Morgan fingerprint density at radius 1 is 0.660 bits per heavy atom. The molecule has 4 nitrogen and oxygen atoms in total. The first kappa shape index (κ1) is 32.2. The molecule has 240 valence electrons. The van der Waals surface area contributed by atoms with Gasteiger partial charge in [0.05, 0.1) is 28.0 Å². The number of aromatic nitrogens is 3. The van der Waals surface area contributed by atoms with E-state index in [1.54, 1.807) is 0 Å². The van der Waals surface area contributed by atoms with Crippen molar-refractivity contribution < 1.29 is 5.11 Å². The van der Waals surface area contributed by atoms with Gasteiger partial charge in [-0.25, -0.2) is 4.98 Å². The number of para-hydroxylation sites is 2. The van der Waals surface area contributed by atoms with Crippen LogP contribution in [0.1, 0.15) is 102 Å². The Kier molecular flexibility index (Phi) is 8.57. The van der Waals surface area contributed by atoms with E-state index in [0.29, 0.717) is 5.92 Å². The Morgan fingerprint density at radius 2 is 1.34 bits per heavy atom. The second-order valence-electron chi connectivity index (χ2n) is 14.7. The van der Waals surface area contributed by atoms with E-state index in [1.165, 1.54) is 16.7 Å². The summed E-state index contributed by atoms with van der Waals surface area (Å²) in [7, 11) is 0. The van der Waals surface area contributed by atoms with Crippen LogP contribution in [0.2, 0.25) is 0 Å². The highest BCUT2D eigenvalue weighted by atomic mass is 16.3. The zero-order valence-corrected chi connectivity index (χ0v) is 29.3. The van der Waals surface area contributed by atoms with Crippen molar-refractivity contribution in [2.45, 2.75) is 85.5 Å². The molecule has 47 heavy (non-hydrogen) atoms. The second kappa shape index (κ2) is 12.5. The molecular weight excluding hydrogens is 574 g/mol. The molecule has 6 rings (SSSR count). The molecular formula is C43H47N3O. The molecule has 4 heteroatoms. The Morgan fingerprint density at radius 3 is 1.96 bits per heavy atom. The maximum Gasteiger partial charge on any atom is 0.149 e. The predicted octanol–water partition coefficient (Wildman–Crippen LogP) is 11.8. The molecule has 0 unspecified atom stereocenters. The van der Waals surface area contributed by atoms with Crippen LogP contribution in [0, 0.1) is 0 Å². The molecule has 0 spiro atoms. The maximum atomic E-state index is 11.4. The molecule has 0 aliphatic heterocycles. The molecule has 6 aromatic rings. The van der Waals surface area contributed by atoms with Crippen LogP contribution in [0.3, 0.4) is 0 Å². The molecule has 0 fully saturated rings. The average molecular weight is 622 g/mol. The molecule has 0 aliphatic carbocycles. The number of pyridine rings is 1. The van der Waals surface area contributed by atoms with Crippen LogP contribution in [0.15, 0.2) is 97.2 Å². The smallest absolute Gasteiger partial charge is 0.149 e. The van der Waals surface area contributed by atoms with Crippen LogP contribution in [0.4, 0.5) is 0 Å². The zero-order valence-electron chi connectivity index (χ0n) is 29.3. The van der Waals surface area contributed by atoms with Gasteiger partial charge in [0.25, 0.3) is 0 Å². The Bertz CT molecular complexity index is 2030. The van der Waals surface area contributed by atoms with Crippen molar-refractivity contribution in [3.05, 3.63) is 119 Å². The summed E-state index contributed by atoms with van der Waals surface area (Å²) in [6.45, 7) is 20.1. The quantitative estimate of drug-likeness (QED) is 0.193. The Labute approximate surface area is 280 Å². The molecule has 0 atom stereocenters. The number of hydrogen-bond donors (Lipinski definition) is 1. The van der Waals surface area contributed by atoms with Crippen LogP contribution in [0.5, 0.6) is 5.75 Å². The molecule has 0 amide bonds. The third kappa shape index (κ3) is 6.10. The number of rotatable bonds is 7. The second-order valence-corrected chi connectivity index (χ2v) is 14.7. The number of aromatic hydroxyl groups is 1. The van der Waals surface area contributed by atoms with E-state index in [9.17, 15) is 5.11 Å². The first-order valence-electron chi connectivity index (χ1n) is 16.9. The average Bonchev–Trinajstić information content (AvgIpc) is 3.43. The lowest BCUT2D eigenvalue weighted by molar-refractivity contribution is 0.476. The van der Waals surface area contributed by atoms with Crippen molar-refractivity contribution in [2.24, 2.45) is 0 Å². The fourth-order valence-electron chi connectivity index (χ4n) is 6.50. The number of benzene rings is 4. The van der Waals surface area contributed by atoms with Gasteiger partial charge in [0.1, 0.15) is 11.6 Å². The van der Waals surface area contributed by atoms with Gasteiger partial charge in [-0.05, 0) is 93.5 Å². The van der Waals surface area contributed by atoms with E-state index in [0.717, 1.165) is 56.1 Å². The molecule has 0 aliphatic rings. The SMILES string of the molecule is CC(C)c1ccc(O)c(-c2nc3c(-c4cc(-c5ccccn5)cc(C(C)(C)C)c4)cccc3n2-c2c(C(C)C)cccc2C(C)C)c1. The summed E-state index contributed by atoms with van der Waals surface area (Å²) in [6, 6.07) is 32.0. The molecule has 0 radical (unpaired) electrons. The number of imidazole rings is 1. The van der Waals surface area contributed by atoms with Gasteiger partial charge in [0, 0.05) is 17.3 Å². The molecule has 0 saturated carbocycles. The number of hydrogen-bond acceptors (Lipinski definition) is 3. The first-order valence-corrected chi connectivity index (χ1v) is 16.9. The van der Waals surface area contributed by atoms with Gasteiger partial charge < -0.3 is 5.11 Å². The molecule has 4 aromatic carbocycles. The predicted molar refractivity (Wildman–Crippen MR) is 198 cm³/mol. The summed E-state index contributed by atoms with van der Waals surface area (Å²) in [5.74, 6) is 1.86. The lowest BCUT2D eigenvalue weighted by atomic mass is 9.83. The van der Waals surface area contributed by atoms with Crippen LogP contribution >= 0.6 is 0 Å². The monoisotopic (exact) mass is 621 g/mol. The highest BCUT2D eigenvalue weighted by Crippen LogP contribution is 2.43. The first-order chi connectivity index (χ1) is 22.3. The van der Waals surface area contributed by atoms with E-state index in [2.05, 4.69) is 134 Å². The van der Waals surface area contributed by atoms with Gasteiger partial charge >= 0.3 is 0 Å². The van der Waals surface area contributed by atoms with E-state index in [-0.39, 0.29) is 23.0 Å². The van der Waals surface area contributed by atoms with Gasteiger partial charge in [-0.3, -0.25) is 9.55 Å². The topological polar surface area (TPSA) is 50.9 Å². The molecule has 0 saturated heterocycles. The van der Waals surface area contributed by atoms with Crippen molar-refractivity contribution in [1.82, 2.24) is 14.5 Å².